The van der Waals surface area contributed by atoms with Crippen LogP contribution in [0.4, 0.5) is 18.3 Å². The Kier molecular flexibility index (Phi) is 5.49. The number of rotatable bonds is 4. The van der Waals surface area contributed by atoms with E-state index in [-0.39, 0.29) is 6.04 Å². The molecule has 2 N–H and O–H groups in total. The normalized spacial score (nSPS) is 15.4. The molecule has 0 bridgehead atoms. The highest BCUT2D eigenvalue weighted by Gasteiger charge is 2.29. The summed E-state index contributed by atoms with van der Waals surface area (Å²) < 4.78 is 39.1. The van der Waals surface area contributed by atoms with Crippen LogP contribution in [0.15, 0.2) is 36.7 Å². The highest BCUT2D eigenvalue weighted by molar-refractivity contribution is 7.19. The summed E-state index contributed by atoms with van der Waals surface area (Å²) in [5.74, 6) is 0. The van der Waals surface area contributed by atoms with Crippen LogP contribution in [0.25, 0.3) is 21.7 Å². The van der Waals surface area contributed by atoms with Gasteiger partial charge >= 0.3 is 6.18 Å². The third kappa shape index (κ3) is 4.47. The van der Waals surface area contributed by atoms with E-state index in [1.165, 1.54) is 23.7 Å². The van der Waals surface area contributed by atoms with Gasteiger partial charge in [0.15, 0.2) is 5.13 Å². The Bertz CT molecular complexity index is 1060. The van der Waals surface area contributed by atoms with Crippen LogP contribution in [0.3, 0.4) is 0 Å². The van der Waals surface area contributed by atoms with Gasteiger partial charge in [-0.2, -0.15) is 23.5 Å². The van der Waals surface area contributed by atoms with Gasteiger partial charge in [0.1, 0.15) is 6.54 Å². The molecular formula is C20H19F3N6S. The summed E-state index contributed by atoms with van der Waals surface area (Å²) in [6.45, 7) is 0.428. The van der Waals surface area contributed by atoms with Crippen LogP contribution in [-0.2, 0) is 6.54 Å². The number of aromatic nitrogens is 3. The third-order valence-electron chi connectivity index (χ3n) is 4.95. The second-order valence-corrected chi connectivity index (χ2v) is 8.21. The number of halogens is 3. The van der Waals surface area contributed by atoms with Crippen molar-refractivity contribution >= 4 is 16.5 Å². The van der Waals surface area contributed by atoms with Crippen LogP contribution in [0.1, 0.15) is 18.4 Å². The summed E-state index contributed by atoms with van der Waals surface area (Å²) in [5, 5.41) is 13.7. The predicted octanol–water partition coefficient (Wildman–Crippen LogP) is 4.04. The van der Waals surface area contributed by atoms with E-state index in [4.69, 9.17) is 16.0 Å². The molecule has 0 radical (unpaired) electrons. The Morgan fingerprint density at radius 3 is 2.50 bits per heavy atom. The van der Waals surface area contributed by atoms with E-state index >= 15 is 0 Å². The van der Waals surface area contributed by atoms with E-state index in [0.29, 0.717) is 16.8 Å². The average Bonchev–Trinajstić information content (AvgIpc) is 3.34. The Labute approximate surface area is 175 Å². The van der Waals surface area contributed by atoms with Gasteiger partial charge in [0, 0.05) is 36.5 Å². The Balaban J connectivity index is 1.72. The van der Waals surface area contributed by atoms with E-state index in [1.54, 1.807) is 24.3 Å². The van der Waals surface area contributed by atoms with Crippen molar-refractivity contribution in [3.8, 4) is 27.8 Å². The standard InChI is InChI=1S/C20H19F3N6S/c21-20(22,23)12-29-11-15(10-26-29)18-17(14-3-1-13(9-24)2-4-14)27-19(30-18)28-7-5-16(25)6-8-28/h1-4,10-11,16H,5-8,12,25H2. The molecule has 0 atom stereocenters. The number of hydrogen-bond donors (Lipinski definition) is 1. The number of nitrogens with zero attached hydrogens (tertiary/aromatic N) is 5. The lowest BCUT2D eigenvalue weighted by atomic mass is 10.1. The van der Waals surface area contributed by atoms with Crippen molar-refractivity contribution in [2.45, 2.75) is 31.6 Å². The molecule has 1 aromatic carbocycles. The van der Waals surface area contributed by atoms with Crippen LogP contribution in [0.2, 0.25) is 0 Å². The van der Waals surface area contributed by atoms with E-state index in [1.807, 2.05) is 0 Å². The monoisotopic (exact) mass is 432 g/mol. The fraction of sp³-hybridized carbons (Fsp3) is 0.350. The molecule has 0 unspecified atom stereocenters. The maximum Gasteiger partial charge on any atom is 0.408 e. The highest BCUT2D eigenvalue weighted by Crippen LogP contribution is 2.41. The van der Waals surface area contributed by atoms with Gasteiger partial charge in [-0.05, 0) is 25.0 Å². The minimum atomic E-state index is -4.34. The molecule has 2 aromatic heterocycles. The Hall–Kier alpha value is -2.90. The first-order valence-corrected chi connectivity index (χ1v) is 10.3. The molecule has 3 aromatic rings. The molecular weight excluding hydrogens is 413 g/mol. The largest absolute Gasteiger partial charge is 0.408 e. The number of piperidine rings is 1. The maximum absolute atomic E-state index is 12.7. The van der Waals surface area contributed by atoms with Crippen LogP contribution < -0.4 is 10.6 Å². The quantitative estimate of drug-likeness (QED) is 0.673. The van der Waals surface area contributed by atoms with Gasteiger partial charge in [0.05, 0.1) is 28.4 Å². The number of anilines is 1. The van der Waals surface area contributed by atoms with Crippen molar-refractivity contribution in [3.63, 3.8) is 0 Å². The minimum absolute atomic E-state index is 0.180. The molecule has 10 heteroatoms. The summed E-state index contributed by atoms with van der Waals surface area (Å²) in [5.41, 5.74) is 8.57. The van der Waals surface area contributed by atoms with Gasteiger partial charge in [-0.15, -0.1) is 0 Å². The van der Waals surface area contributed by atoms with Gasteiger partial charge in [-0.3, -0.25) is 4.68 Å². The van der Waals surface area contributed by atoms with Crippen LogP contribution in [-0.4, -0.2) is 40.1 Å². The molecule has 6 nitrogen and oxygen atoms in total. The summed E-state index contributed by atoms with van der Waals surface area (Å²) in [4.78, 5) is 7.71. The van der Waals surface area contributed by atoms with Gasteiger partial charge < -0.3 is 10.6 Å². The maximum atomic E-state index is 12.7. The SMILES string of the molecule is N#Cc1ccc(-c2nc(N3CCC(N)CC3)sc2-c2cnn(CC(F)(F)F)c2)cc1. The van der Waals surface area contributed by atoms with Crippen molar-refractivity contribution in [2.24, 2.45) is 5.73 Å². The van der Waals surface area contributed by atoms with E-state index < -0.39 is 12.7 Å². The topological polar surface area (TPSA) is 83.8 Å². The molecule has 1 aliphatic heterocycles. The van der Waals surface area contributed by atoms with Crippen LogP contribution in [0, 0.1) is 11.3 Å². The summed E-state index contributed by atoms with van der Waals surface area (Å²) in [7, 11) is 0. The lowest BCUT2D eigenvalue weighted by molar-refractivity contribution is -0.142. The molecule has 3 heterocycles. The van der Waals surface area contributed by atoms with E-state index in [2.05, 4.69) is 16.1 Å². The van der Waals surface area contributed by atoms with Gasteiger partial charge in [0.2, 0.25) is 0 Å². The third-order valence-corrected chi connectivity index (χ3v) is 6.12. The number of thiazole rings is 1. The van der Waals surface area contributed by atoms with Crippen molar-refractivity contribution in [1.82, 2.24) is 14.8 Å². The van der Waals surface area contributed by atoms with Crippen molar-refractivity contribution in [3.05, 3.63) is 42.2 Å². The molecule has 4 rings (SSSR count). The van der Waals surface area contributed by atoms with Gasteiger partial charge in [0.25, 0.3) is 0 Å². The summed E-state index contributed by atoms with van der Waals surface area (Å²) in [6.07, 6.45) is 0.215. The summed E-state index contributed by atoms with van der Waals surface area (Å²) >= 11 is 1.43. The first-order valence-electron chi connectivity index (χ1n) is 9.44. The number of nitriles is 1. The minimum Gasteiger partial charge on any atom is -0.348 e. The zero-order valence-electron chi connectivity index (χ0n) is 15.9. The first-order chi connectivity index (χ1) is 14.3. The molecule has 0 amide bonds. The Morgan fingerprint density at radius 1 is 1.17 bits per heavy atom. The molecule has 0 aliphatic carbocycles. The first kappa shape index (κ1) is 20.4. The molecule has 30 heavy (non-hydrogen) atoms. The molecule has 1 fully saturated rings. The molecule has 0 saturated carbocycles. The summed E-state index contributed by atoms with van der Waals surface area (Å²) in [6, 6.07) is 9.26. The smallest absolute Gasteiger partial charge is 0.348 e. The van der Waals surface area contributed by atoms with E-state index in [0.717, 1.165) is 46.2 Å². The number of benzene rings is 1. The second-order valence-electron chi connectivity index (χ2n) is 7.23. The van der Waals surface area contributed by atoms with Crippen molar-refractivity contribution in [1.29, 1.82) is 5.26 Å². The van der Waals surface area contributed by atoms with Crippen LogP contribution >= 0.6 is 11.3 Å². The predicted molar refractivity (Wildman–Crippen MR) is 109 cm³/mol. The number of nitrogens with two attached hydrogens (primary N) is 1. The average molecular weight is 432 g/mol. The molecule has 0 spiro atoms. The molecule has 1 saturated heterocycles. The number of hydrogen-bond acceptors (Lipinski definition) is 6. The van der Waals surface area contributed by atoms with E-state index in [9.17, 15) is 13.2 Å². The fourth-order valence-electron chi connectivity index (χ4n) is 3.38. The lowest BCUT2D eigenvalue weighted by Crippen LogP contribution is -2.39. The number of alkyl halides is 3. The zero-order chi connectivity index (χ0) is 21.3. The molecule has 156 valence electrons. The van der Waals surface area contributed by atoms with Crippen molar-refractivity contribution in [2.75, 3.05) is 18.0 Å². The van der Waals surface area contributed by atoms with Gasteiger partial charge in [-0.25, -0.2) is 4.98 Å². The second kappa shape index (κ2) is 8.08. The Morgan fingerprint density at radius 2 is 1.87 bits per heavy atom. The highest BCUT2D eigenvalue weighted by atomic mass is 32.1. The zero-order valence-corrected chi connectivity index (χ0v) is 16.7. The fourth-order valence-corrected chi connectivity index (χ4v) is 4.49. The van der Waals surface area contributed by atoms with Crippen LogP contribution in [0.5, 0.6) is 0 Å². The van der Waals surface area contributed by atoms with Crippen molar-refractivity contribution < 1.29 is 13.2 Å². The molecule has 1 aliphatic rings. The lowest BCUT2D eigenvalue weighted by Gasteiger charge is -2.29. The van der Waals surface area contributed by atoms with Gasteiger partial charge in [-0.1, -0.05) is 23.5 Å².